The minimum absolute atomic E-state index is 0.234. The lowest BCUT2D eigenvalue weighted by atomic mass is 10.2. The van der Waals surface area contributed by atoms with E-state index in [0.717, 1.165) is 5.56 Å². The molecule has 0 fully saturated rings. The zero-order valence-corrected chi connectivity index (χ0v) is 12.9. The molecule has 3 aromatic rings. The van der Waals surface area contributed by atoms with Crippen LogP contribution in [0, 0.1) is 6.92 Å². The molecule has 7 nitrogen and oxygen atoms in total. The normalized spacial score (nSPS) is 11.3. The molecule has 0 unspecified atom stereocenters. The third-order valence-corrected chi connectivity index (χ3v) is 4.30. The van der Waals surface area contributed by atoms with Crippen LogP contribution in [0.25, 0.3) is 11.5 Å². The maximum atomic E-state index is 12.3. The first-order valence-corrected chi connectivity index (χ1v) is 8.18. The average Bonchev–Trinajstić information content (AvgIpc) is 2.98. The predicted molar refractivity (Wildman–Crippen MR) is 84.5 cm³/mol. The van der Waals surface area contributed by atoms with Crippen LogP contribution in [0.15, 0.2) is 62.8 Å². The Labute approximate surface area is 132 Å². The van der Waals surface area contributed by atoms with Crippen LogP contribution in [0.4, 0.5) is 5.69 Å². The van der Waals surface area contributed by atoms with Gasteiger partial charge in [0.2, 0.25) is 5.09 Å². The van der Waals surface area contributed by atoms with E-state index in [9.17, 15) is 13.2 Å². The summed E-state index contributed by atoms with van der Waals surface area (Å²) < 4.78 is 32.4. The first-order valence-electron chi connectivity index (χ1n) is 6.69. The molecule has 2 N–H and O–H groups in total. The molecule has 0 bridgehead atoms. The van der Waals surface area contributed by atoms with Gasteiger partial charge in [-0.3, -0.25) is 9.52 Å². The number of hydrogen-bond donors (Lipinski definition) is 2. The summed E-state index contributed by atoms with van der Waals surface area (Å²) in [6.07, 6.45) is 0. The van der Waals surface area contributed by atoms with Crippen molar-refractivity contribution in [1.82, 2.24) is 10.2 Å². The quantitative estimate of drug-likeness (QED) is 0.762. The highest BCUT2D eigenvalue weighted by atomic mass is 32.2. The van der Waals surface area contributed by atoms with Crippen LogP contribution in [0.3, 0.4) is 0 Å². The van der Waals surface area contributed by atoms with Gasteiger partial charge in [0.15, 0.2) is 5.76 Å². The summed E-state index contributed by atoms with van der Waals surface area (Å²) in [4.78, 5) is 11.0. The zero-order valence-electron chi connectivity index (χ0n) is 12.1. The minimum atomic E-state index is -3.84. The Morgan fingerprint density at radius 3 is 2.65 bits per heavy atom. The van der Waals surface area contributed by atoms with Gasteiger partial charge < -0.3 is 4.42 Å². The second kappa shape index (κ2) is 5.73. The number of aryl methyl sites for hydroxylation is 1. The number of aromatic amines is 1. The number of nitrogens with zero attached hydrogens (tertiary/aromatic N) is 1. The molecule has 0 saturated heterocycles. The predicted octanol–water partition coefficient (Wildman–Crippen LogP) is 2.14. The molecule has 0 spiro atoms. The summed E-state index contributed by atoms with van der Waals surface area (Å²) >= 11 is 0. The van der Waals surface area contributed by atoms with Crippen LogP contribution in [0.1, 0.15) is 5.56 Å². The summed E-state index contributed by atoms with van der Waals surface area (Å²) in [7, 11) is -3.84. The van der Waals surface area contributed by atoms with E-state index in [2.05, 4.69) is 14.9 Å². The summed E-state index contributed by atoms with van der Waals surface area (Å²) in [6, 6.07) is 12.5. The second-order valence-electron chi connectivity index (χ2n) is 4.90. The molecule has 8 heteroatoms. The lowest BCUT2D eigenvalue weighted by molar-refractivity contribution is 0.461. The minimum Gasteiger partial charge on any atom is -0.441 e. The molecule has 3 rings (SSSR count). The van der Waals surface area contributed by atoms with E-state index < -0.39 is 10.0 Å². The first kappa shape index (κ1) is 15.0. The molecule has 1 aromatic carbocycles. The Hall–Kier alpha value is -2.87. The molecule has 0 atom stereocenters. The Kier molecular flexibility index (Phi) is 3.75. The molecule has 0 saturated carbocycles. The van der Waals surface area contributed by atoms with Crippen LogP contribution in [-0.4, -0.2) is 18.6 Å². The smallest absolute Gasteiger partial charge is 0.295 e. The Morgan fingerprint density at radius 2 is 1.96 bits per heavy atom. The van der Waals surface area contributed by atoms with E-state index in [0.29, 0.717) is 11.4 Å². The van der Waals surface area contributed by atoms with E-state index in [1.54, 1.807) is 18.2 Å². The summed E-state index contributed by atoms with van der Waals surface area (Å²) in [5.41, 5.74) is 1.36. The van der Waals surface area contributed by atoms with Gasteiger partial charge in [0.25, 0.3) is 15.6 Å². The fourth-order valence-electron chi connectivity index (χ4n) is 2.00. The SMILES string of the molecule is Cc1cccc(NS(=O)(=O)c2ccc(-c3ccc(=O)[nH]n3)o2)c1. The van der Waals surface area contributed by atoms with E-state index >= 15 is 0 Å². The number of furan rings is 1. The Morgan fingerprint density at radius 1 is 1.13 bits per heavy atom. The molecule has 2 aromatic heterocycles. The first-order chi connectivity index (χ1) is 10.9. The van der Waals surface area contributed by atoms with Gasteiger partial charge in [0.1, 0.15) is 5.69 Å². The zero-order chi connectivity index (χ0) is 16.4. The number of hydrogen-bond acceptors (Lipinski definition) is 5. The average molecular weight is 331 g/mol. The van der Waals surface area contributed by atoms with Crippen LogP contribution >= 0.6 is 0 Å². The molecule has 0 aliphatic carbocycles. The Balaban J connectivity index is 1.89. The lowest BCUT2D eigenvalue weighted by Gasteiger charge is -2.06. The van der Waals surface area contributed by atoms with Gasteiger partial charge in [0.05, 0.1) is 0 Å². The van der Waals surface area contributed by atoms with Crippen molar-refractivity contribution in [1.29, 1.82) is 0 Å². The standard InChI is InChI=1S/C15H13N3O4S/c1-10-3-2-4-11(9-10)18-23(20,21)15-8-6-13(22-15)12-5-7-14(19)17-16-12/h2-9,18H,1H3,(H,17,19). The number of benzene rings is 1. The van der Waals surface area contributed by atoms with Crippen molar-refractivity contribution < 1.29 is 12.8 Å². The topological polar surface area (TPSA) is 105 Å². The molecule has 0 aliphatic heterocycles. The Bertz CT molecular complexity index is 985. The van der Waals surface area contributed by atoms with E-state index in [-0.39, 0.29) is 16.4 Å². The third-order valence-electron chi connectivity index (χ3n) is 3.05. The van der Waals surface area contributed by atoms with Gasteiger partial charge in [-0.2, -0.15) is 13.5 Å². The number of anilines is 1. The van der Waals surface area contributed by atoms with Crippen LogP contribution in [-0.2, 0) is 10.0 Å². The monoisotopic (exact) mass is 331 g/mol. The van der Waals surface area contributed by atoms with Crippen molar-refractivity contribution >= 4 is 15.7 Å². The fraction of sp³-hybridized carbons (Fsp3) is 0.0667. The highest BCUT2D eigenvalue weighted by Gasteiger charge is 2.20. The van der Waals surface area contributed by atoms with Gasteiger partial charge >= 0.3 is 0 Å². The molecule has 2 heterocycles. The molecule has 0 amide bonds. The van der Waals surface area contributed by atoms with Gasteiger partial charge in [-0.25, -0.2) is 5.10 Å². The van der Waals surface area contributed by atoms with Crippen molar-refractivity contribution in [2.24, 2.45) is 0 Å². The summed E-state index contributed by atoms with van der Waals surface area (Å²) in [5.74, 6) is 0.242. The molecular weight excluding hydrogens is 318 g/mol. The van der Waals surface area contributed by atoms with Crippen LogP contribution < -0.4 is 10.3 Å². The molecule has 0 aliphatic rings. The molecule has 118 valence electrons. The number of aromatic nitrogens is 2. The van der Waals surface area contributed by atoms with Gasteiger partial charge in [0, 0.05) is 11.8 Å². The highest BCUT2D eigenvalue weighted by molar-refractivity contribution is 7.92. The van der Waals surface area contributed by atoms with Crippen molar-refractivity contribution in [3.8, 4) is 11.5 Å². The second-order valence-corrected chi connectivity index (χ2v) is 6.51. The van der Waals surface area contributed by atoms with Crippen molar-refractivity contribution in [3.63, 3.8) is 0 Å². The van der Waals surface area contributed by atoms with E-state index in [1.807, 2.05) is 13.0 Å². The fourth-order valence-corrected chi connectivity index (χ4v) is 2.98. The summed E-state index contributed by atoms with van der Waals surface area (Å²) in [6.45, 7) is 1.87. The largest absolute Gasteiger partial charge is 0.441 e. The maximum Gasteiger partial charge on any atom is 0.295 e. The number of sulfonamides is 1. The van der Waals surface area contributed by atoms with Crippen molar-refractivity contribution in [3.05, 3.63) is 64.4 Å². The van der Waals surface area contributed by atoms with Gasteiger partial charge in [-0.1, -0.05) is 12.1 Å². The highest BCUT2D eigenvalue weighted by Crippen LogP contribution is 2.24. The van der Waals surface area contributed by atoms with E-state index in [1.165, 1.54) is 24.3 Å². The van der Waals surface area contributed by atoms with Gasteiger partial charge in [-0.05, 0) is 42.8 Å². The molecule has 0 radical (unpaired) electrons. The van der Waals surface area contributed by atoms with Gasteiger partial charge in [-0.15, -0.1) is 0 Å². The van der Waals surface area contributed by atoms with Crippen molar-refractivity contribution in [2.75, 3.05) is 4.72 Å². The molecule has 23 heavy (non-hydrogen) atoms. The van der Waals surface area contributed by atoms with E-state index in [4.69, 9.17) is 4.42 Å². The summed E-state index contributed by atoms with van der Waals surface area (Å²) in [5, 5.41) is 5.82. The third kappa shape index (κ3) is 3.32. The number of rotatable bonds is 4. The van der Waals surface area contributed by atoms with Crippen molar-refractivity contribution in [2.45, 2.75) is 12.0 Å². The number of nitrogens with one attached hydrogen (secondary N) is 2. The number of H-pyrrole nitrogens is 1. The van der Waals surface area contributed by atoms with Crippen LogP contribution in [0.5, 0.6) is 0 Å². The lowest BCUT2D eigenvalue weighted by Crippen LogP contribution is -2.12. The van der Waals surface area contributed by atoms with Crippen LogP contribution in [0.2, 0.25) is 0 Å². The molecular formula is C15H13N3O4S. The maximum absolute atomic E-state index is 12.3.